The summed E-state index contributed by atoms with van der Waals surface area (Å²) in [6, 6.07) is 8.24. The zero-order valence-electron chi connectivity index (χ0n) is 21.9. The number of fused-ring (bicyclic) bond motifs is 1. The molecule has 13 heteroatoms. The van der Waals surface area contributed by atoms with Gasteiger partial charge >= 0.3 is 0 Å². The number of benzene rings is 2. The van der Waals surface area contributed by atoms with Crippen molar-refractivity contribution >= 4 is 16.9 Å². The summed E-state index contributed by atoms with van der Waals surface area (Å²) >= 11 is 0. The van der Waals surface area contributed by atoms with Crippen molar-refractivity contribution in [1.82, 2.24) is 29.3 Å². The molecular formula is C28H27F2N7O4. The topological polar surface area (TPSA) is 135 Å². The standard InChI is InChI=1S/C28H27F2N7O4/c29-17-9-21(40-14-19-13-32-16-36(19)5-6-38)11-22(10-17)41-20-1-2-23(24(30)12-20)26-25-27(31)33-15-34-28(25)37(35-26)18-3-7-39-8-4-18/h1-2,9-13,15-16,18,38H,3-8,14H2,(H2,31,33,34). The summed E-state index contributed by atoms with van der Waals surface area (Å²) in [4.78, 5) is 12.5. The number of halogens is 2. The van der Waals surface area contributed by atoms with Crippen LogP contribution in [0.4, 0.5) is 14.6 Å². The van der Waals surface area contributed by atoms with Crippen LogP contribution in [0.2, 0.25) is 0 Å². The minimum absolute atomic E-state index is 0.0413. The van der Waals surface area contributed by atoms with Crippen molar-refractivity contribution in [1.29, 1.82) is 0 Å². The first-order valence-electron chi connectivity index (χ1n) is 13.1. The molecule has 0 amide bonds. The molecule has 3 aromatic heterocycles. The van der Waals surface area contributed by atoms with E-state index in [9.17, 15) is 9.50 Å². The van der Waals surface area contributed by atoms with Gasteiger partial charge in [-0.15, -0.1) is 0 Å². The van der Waals surface area contributed by atoms with Gasteiger partial charge in [0.05, 0.1) is 36.3 Å². The third-order valence-electron chi connectivity index (χ3n) is 6.86. The third kappa shape index (κ3) is 5.54. The number of nitrogens with two attached hydrogens (primary N) is 1. The van der Waals surface area contributed by atoms with Gasteiger partial charge in [0.15, 0.2) is 5.65 Å². The lowest BCUT2D eigenvalue weighted by Gasteiger charge is -2.22. The molecule has 1 saturated heterocycles. The second-order valence-corrected chi connectivity index (χ2v) is 9.55. The number of anilines is 1. The van der Waals surface area contributed by atoms with Crippen molar-refractivity contribution in [2.45, 2.75) is 32.0 Å². The lowest BCUT2D eigenvalue weighted by molar-refractivity contribution is 0.0674. The Kier molecular flexibility index (Phi) is 7.44. The molecule has 3 N–H and O–H groups in total. The van der Waals surface area contributed by atoms with Crippen molar-refractivity contribution < 1.29 is 28.1 Å². The Morgan fingerprint density at radius 2 is 1.88 bits per heavy atom. The number of nitrogens with zero attached hydrogens (tertiary/aromatic N) is 6. The molecule has 41 heavy (non-hydrogen) atoms. The fourth-order valence-corrected chi connectivity index (χ4v) is 4.87. The number of aliphatic hydroxyl groups is 1. The highest BCUT2D eigenvalue weighted by Crippen LogP contribution is 2.37. The lowest BCUT2D eigenvalue weighted by atomic mass is 10.1. The van der Waals surface area contributed by atoms with Crippen LogP contribution in [0.3, 0.4) is 0 Å². The highest BCUT2D eigenvalue weighted by molar-refractivity contribution is 5.98. The fourth-order valence-electron chi connectivity index (χ4n) is 4.87. The predicted octanol–water partition coefficient (Wildman–Crippen LogP) is 4.27. The number of aliphatic hydroxyl groups excluding tert-OH is 1. The van der Waals surface area contributed by atoms with E-state index in [1.165, 1.54) is 36.7 Å². The molecule has 212 valence electrons. The molecule has 0 bridgehead atoms. The maximum absolute atomic E-state index is 15.5. The average Bonchev–Trinajstić information content (AvgIpc) is 3.58. The number of ether oxygens (including phenoxy) is 3. The minimum Gasteiger partial charge on any atom is -0.487 e. The van der Waals surface area contributed by atoms with Crippen LogP contribution in [0.25, 0.3) is 22.3 Å². The van der Waals surface area contributed by atoms with Crippen LogP contribution >= 0.6 is 0 Å². The highest BCUT2D eigenvalue weighted by atomic mass is 19.1. The number of nitrogen functional groups attached to an aromatic ring is 1. The summed E-state index contributed by atoms with van der Waals surface area (Å²) in [6.45, 7) is 1.62. The Balaban J connectivity index is 1.25. The van der Waals surface area contributed by atoms with Gasteiger partial charge in [-0.25, -0.2) is 28.4 Å². The molecule has 5 aromatic rings. The zero-order chi connectivity index (χ0) is 28.3. The van der Waals surface area contributed by atoms with Crippen molar-refractivity contribution in [3.8, 4) is 28.5 Å². The van der Waals surface area contributed by atoms with Crippen molar-refractivity contribution in [3.63, 3.8) is 0 Å². The van der Waals surface area contributed by atoms with E-state index in [1.807, 2.05) is 0 Å². The highest BCUT2D eigenvalue weighted by Gasteiger charge is 2.25. The van der Waals surface area contributed by atoms with Gasteiger partial charge in [0.25, 0.3) is 0 Å². The quantitative estimate of drug-likeness (QED) is 0.270. The third-order valence-corrected chi connectivity index (χ3v) is 6.86. The van der Waals surface area contributed by atoms with Gasteiger partial charge in [0.2, 0.25) is 0 Å². The molecule has 1 aliphatic rings. The molecule has 0 unspecified atom stereocenters. The summed E-state index contributed by atoms with van der Waals surface area (Å²) in [7, 11) is 0. The Morgan fingerprint density at radius 1 is 1.05 bits per heavy atom. The van der Waals surface area contributed by atoms with E-state index in [0.717, 1.165) is 12.8 Å². The first kappa shape index (κ1) is 26.6. The Labute approximate surface area is 233 Å². The molecule has 2 aromatic carbocycles. The van der Waals surface area contributed by atoms with Crippen LogP contribution < -0.4 is 15.2 Å². The number of hydrogen-bond acceptors (Lipinski definition) is 9. The van der Waals surface area contributed by atoms with E-state index in [1.54, 1.807) is 27.8 Å². The van der Waals surface area contributed by atoms with E-state index in [-0.39, 0.29) is 47.9 Å². The molecule has 4 heterocycles. The van der Waals surface area contributed by atoms with Gasteiger partial charge in [0.1, 0.15) is 53.3 Å². The molecular weight excluding hydrogens is 536 g/mol. The summed E-state index contributed by atoms with van der Waals surface area (Å²) in [6.07, 6.45) is 6.05. The molecule has 0 saturated carbocycles. The first-order chi connectivity index (χ1) is 20.0. The minimum atomic E-state index is -0.602. The second-order valence-electron chi connectivity index (χ2n) is 9.55. The summed E-state index contributed by atoms with van der Waals surface area (Å²) in [5, 5.41) is 14.4. The number of rotatable bonds is 9. The monoisotopic (exact) mass is 563 g/mol. The molecule has 11 nitrogen and oxygen atoms in total. The predicted molar refractivity (Wildman–Crippen MR) is 144 cm³/mol. The van der Waals surface area contributed by atoms with Gasteiger partial charge in [-0.3, -0.25) is 0 Å². The number of aromatic nitrogens is 6. The first-order valence-corrected chi connectivity index (χ1v) is 13.1. The maximum Gasteiger partial charge on any atom is 0.164 e. The molecule has 0 atom stereocenters. The largest absolute Gasteiger partial charge is 0.487 e. The van der Waals surface area contributed by atoms with E-state index in [2.05, 4.69) is 15.0 Å². The molecule has 1 fully saturated rings. The van der Waals surface area contributed by atoms with Crippen LogP contribution in [-0.4, -0.2) is 54.2 Å². The molecule has 0 radical (unpaired) electrons. The Morgan fingerprint density at radius 3 is 2.68 bits per heavy atom. The van der Waals surface area contributed by atoms with Gasteiger partial charge in [-0.1, -0.05) is 0 Å². The second kappa shape index (κ2) is 11.5. The molecule has 0 spiro atoms. The van der Waals surface area contributed by atoms with Gasteiger partial charge in [-0.05, 0) is 25.0 Å². The Hall–Kier alpha value is -4.62. The molecule has 6 rings (SSSR count). The summed E-state index contributed by atoms with van der Waals surface area (Å²) in [5.74, 6) is -0.485. The van der Waals surface area contributed by atoms with Crippen LogP contribution in [0.1, 0.15) is 24.6 Å². The van der Waals surface area contributed by atoms with Crippen LogP contribution in [0.15, 0.2) is 55.2 Å². The van der Waals surface area contributed by atoms with Crippen LogP contribution in [-0.2, 0) is 17.9 Å². The number of imidazole rings is 1. The smallest absolute Gasteiger partial charge is 0.164 e. The fraction of sp³-hybridized carbons (Fsp3) is 0.286. The van der Waals surface area contributed by atoms with E-state index in [0.29, 0.717) is 42.2 Å². The van der Waals surface area contributed by atoms with Crippen LogP contribution in [0, 0.1) is 11.6 Å². The summed E-state index contributed by atoms with van der Waals surface area (Å²) < 4.78 is 50.4. The summed E-state index contributed by atoms with van der Waals surface area (Å²) in [5.41, 5.74) is 7.96. The van der Waals surface area contributed by atoms with Crippen molar-refractivity contribution in [2.75, 3.05) is 25.6 Å². The van der Waals surface area contributed by atoms with Gasteiger partial charge in [0, 0.05) is 49.6 Å². The molecule has 1 aliphatic heterocycles. The van der Waals surface area contributed by atoms with Gasteiger partial charge in [-0.2, -0.15) is 5.10 Å². The lowest BCUT2D eigenvalue weighted by Crippen LogP contribution is -2.20. The van der Waals surface area contributed by atoms with Crippen LogP contribution in [0.5, 0.6) is 17.2 Å². The van der Waals surface area contributed by atoms with Crippen molar-refractivity contribution in [3.05, 3.63) is 72.6 Å². The van der Waals surface area contributed by atoms with E-state index in [4.69, 9.17) is 25.0 Å². The average molecular weight is 564 g/mol. The molecule has 0 aliphatic carbocycles. The van der Waals surface area contributed by atoms with E-state index >= 15 is 4.39 Å². The number of hydrogen-bond donors (Lipinski definition) is 2. The zero-order valence-corrected chi connectivity index (χ0v) is 21.9. The Bertz CT molecular complexity index is 1680. The van der Waals surface area contributed by atoms with Gasteiger partial charge < -0.3 is 29.6 Å². The normalized spacial score (nSPS) is 14.0. The maximum atomic E-state index is 15.5. The van der Waals surface area contributed by atoms with Crippen molar-refractivity contribution in [2.24, 2.45) is 0 Å². The SMILES string of the molecule is Nc1ncnc2c1c(-c1ccc(Oc3cc(F)cc(OCc4cncn4CCO)c3)cc1F)nn2C1CCOCC1. The van der Waals surface area contributed by atoms with E-state index < -0.39 is 11.6 Å².